The van der Waals surface area contributed by atoms with Gasteiger partial charge in [0.25, 0.3) is 0 Å². The summed E-state index contributed by atoms with van der Waals surface area (Å²) in [5.41, 5.74) is 2.86. The molecule has 0 bridgehead atoms. The molecule has 1 saturated heterocycles. The Morgan fingerprint density at radius 1 is 1.25 bits per heavy atom. The predicted octanol–water partition coefficient (Wildman–Crippen LogP) is 2.08. The number of hydrogen-bond acceptors (Lipinski definition) is 2. The van der Waals surface area contributed by atoms with Gasteiger partial charge in [0.05, 0.1) is 0 Å². The summed E-state index contributed by atoms with van der Waals surface area (Å²) in [5.74, 6) is 0.772. The summed E-state index contributed by atoms with van der Waals surface area (Å²) in [6.45, 7) is 2.07. The lowest BCUT2D eigenvalue weighted by Gasteiger charge is -2.26. The van der Waals surface area contributed by atoms with Crippen LogP contribution in [0.15, 0.2) is 24.3 Å². The molecule has 0 aromatic heterocycles. The van der Waals surface area contributed by atoms with Crippen molar-refractivity contribution >= 4 is 18.3 Å². The van der Waals surface area contributed by atoms with Crippen molar-refractivity contribution in [2.45, 2.75) is 38.1 Å². The van der Waals surface area contributed by atoms with E-state index in [1.54, 1.807) is 0 Å². The first-order chi connectivity index (χ1) is 9.31. The molecular weight excluding hydrogens is 272 g/mol. The van der Waals surface area contributed by atoms with E-state index in [9.17, 15) is 4.79 Å². The molecule has 1 heterocycles. The largest absolute Gasteiger partial charge is 0.353 e. The summed E-state index contributed by atoms with van der Waals surface area (Å²) in [4.78, 5) is 12.0. The quantitative estimate of drug-likeness (QED) is 0.896. The number of rotatable bonds is 3. The number of nitrogens with one attached hydrogen (secondary N) is 2. The van der Waals surface area contributed by atoms with Crippen LogP contribution in [0.1, 0.15) is 30.4 Å². The van der Waals surface area contributed by atoms with E-state index in [1.165, 1.54) is 11.1 Å². The van der Waals surface area contributed by atoms with Crippen molar-refractivity contribution in [1.29, 1.82) is 0 Å². The monoisotopic (exact) mass is 294 g/mol. The van der Waals surface area contributed by atoms with E-state index in [1.807, 2.05) is 0 Å². The molecule has 4 heteroatoms. The van der Waals surface area contributed by atoms with Crippen LogP contribution >= 0.6 is 12.4 Å². The fourth-order valence-electron chi connectivity index (χ4n) is 3.26. The molecule has 2 N–H and O–H groups in total. The van der Waals surface area contributed by atoms with Gasteiger partial charge in [-0.3, -0.25) is 4.79 Å². The lowest BCUT2D eigenvalue weighted by Crippen LogP contribution is -2.39. The molecule has 110 valence electrons. The Morgan fingerprint density at radius 3 is 2.80 bits per heavy atom. The molecule has 3 nitrogen and oxygen atoms in total. The SMILES string of the molecule is Cl.O=C(CC1CCNC1)NC1CCc2ccccc2C1. The standard InChI is InChI=1S/C16H22N2O.ClH/c19-16(9-12-7-8-17-11-12)18-15-6-5-13-3-1-2-4-14(13)10-15;/h1-4,12,15,17H,5-11H2,(H,18,19);1H. The fraction of sp³-hybridized carbons (Fsp3) is 0.562. The maximum Gasteiger partial charge on any atom is 0.220 e. The fourth-order valence-corrected chi connectivity index (χ4v) is 3.26. The first-order valence-electron chi connectivity index (χ1n) is 7.38. The summed E-state index contributed by atoms with van der Waals surface area (Å²) in [5, 5.41) is 6.53. The van der Waals surface area contributed by atoms with Gasteiger partial charge in [-0.05, 0) is 55.8 Å². The van der Waals surface area contributed by atoms with Gasteiger partial charge in [-0.15, -0.1) is 12.4 Å². The van der Waals surface area contributed by atoms with Crippen LogP contribution in [0.5, 0.6) is 0 Å². The van der Waals surface area contributed by atoms with Crippen LogP contribution < -0.4 is 10.6 Å². The Morgan fingerprint density at radius 2 is 2.05 bits per heavy atom. The predicted molar refractivity (Wildman–Crippen MR) is 83.2 cm³/mol. The average Bonchev–Trinajstić information content (AvgIpc) is 2.91. The molecule has 1 aromatic rings. The molecule has 2 aliphatic rings. The highest BCUT2D eigenvalue weighted by molar-refractivity contribution is 5.85. The van der Waals surface area contributed by atoms with Crippen molar-refractivity contribution in [2.75, 3.05) is 13.1 Å². The molecule has 1 amide bonds. The Kier molecular flexibility index (Phi) is 5.44. The molecule has 0 radical (unpaired) electrons. The van der Waals surface area contributed by atoms with Crippen molar-refractivity contribution in [3.05, 3.63) is 35.4 Å². The summed E-state index contributed by atoms with van der Waals surface area (Å²) >= 11 is 0. The zero-order valence-electron chi connectivity index (χ0n) is 11.7. The third-order valence-electron chi connectivity index (χ3n) is 4.35. The molecule has 2 unspecified atom stereocenters. The molecule has 20 heavy (non-hydrogen) atoms. The average molecular weight is 295 g/mol. The van der Waals surface area contributed by atoms with Gasteiger partial charge in [-0.25, -0.2) is 0 Å². The lowest BCUT2D eigenvalue weighted by molar-refractivity contribution is -0.122. The minimum atomic E-state index is 0. The van der Waals surface area contributed by atoms with Crippen LogP contribution in [0.25, 0.3) is 0 Å². The second-order valence-electron chi connectivity index (χ2n) is 5.84. The van der Waals surface area contributed by atoms with Gasteiger partial charge in [0.1, 0.15) is 0 Å². The number of hydrogen-bond donors (Lipinski definition) is 2. The molecule has 2 atom stereocenters. The number of benzene rings is 1. The summed E-state index contributed by atoms with van der Waals surface area (Å²) in [7, 11) is 0. The Bertz CT molecular complexity index is 458. The first-order valence-corrected chi connectivity index (χ1v) is 7.38. The minimum absolute atomic E-state index is 0. The van der Waals surface area contributed by atoms with Gasteiger partial charge in [0.15, 0.2) is 0 Å². The van der Waals surface area contributed by atoms with Gasteiger partial charge in [0.2, 0.25) is 5.91 Å². The van der Waals surface area contributed by atoms with Gasteiger partial charge >= 0.3 is 0 Å². The van der Waals surface area contributed by atoms with Gasteiger partial charge in [0, 0.05) is 12.5 Å². The number of amides is 1. The van der Waals surface area contributed by atoms with Crippen molar-refractivity contribution in [3.8, 4) is 0 Å². The number of fused-ring (bicyclic) bond motifs is 1. The molecule has 3 rings (SSSR count). The van der Waals surface area contributed by atoms with Crippen LogP contribution in [0.3, 0.4) is 0 Å². The van der Waals surface area contributed by atoms with Crippen LogP contribution in [0, 0.1) is 5.92 Å². The van der Waals surface area contributed by atoms with E-state index < -0.39 is 0 Å². The summed E-state index contributed by atoms with van der Waals surface area (Å²) in [6, 6.07) is 8.92. The summed E-state index contributed by atoms with van der Waals surface area (Å²) in [6.07, 6.45) is 4.98. The molecule has 1 aromatic carbocycles. The van der Waals surface area contributed by atoms with Crippen LogP contribution in [-0.2, 0) is 17.6 Å². The maximum atomic E-state index is 12.0. The zero-order chi connectivity index (χ0) is 13.1. The van der Waals surface area contributed by atoms with Crippen molar-refractivity contribution < 1.29 is 4.79 Å². The minimum Gasteiger partial charge on any atom is -0.353 e. The van der Waals surface area contributed by atoms with Crippen molar-refractivity contribution in [3.63, 3.8) is 0 Å². The second-order valence-corrected chi connectivity index (χ2v) is 5.84. The van der Waals surface area contributed by atoms with Crippen molar-refractivity contribution in [1.82, 2.24) is 10.6 Å². The first kappa shape index (κ1) is 15.3. The number of carbonyl (C=O) groups is 1. The van der Waals surface area contributed by atoms with Crippen LogP contribution in [0.4, 0.5) is 0 Å². The van der Waals surface area contributed by atoms with E-state index in [0.29, 0.717) is 18.4 Å². The number of aryl methyl sites for hydroxylation is 1. The third-order valence-corrected chi connectivity index (χ3v) is 4.35. The Labute approximate surface area is 126 Å². The smallest absolute Gasteiger partial charge is 0.220 e. The second kappa shape index (κ2) is 7.09. The van der Waals surface area contributed by atoms with E-state index in [0.717, 1.165) is 38.8 Å². The van der Waals surface area contributed by atoms with Crippen molar-refractivity contribution in [2.24, 2.45) is 5.92 Å². The Balaban J connectivity index is 0.00000147. The number of carbonyl (C=O) groups excluding carboxylic acids is 1. The van der Waals surface area contributed by atoms with Gasteiger partial charge in [-0.2, -0.15) is 0 Å². The van der Waals surface area contributed by atoms with E-state index in [-0.39, 0.29) is 18.3 Å². The highest BCUT2D eigenvalue weighted by atomic mass is 35.5. The highest BCUT2D eigenvalue weighted by Crippen LogP contribution is 2.21. The molecule has 1 fully saturated rings. The maximum absolute atomic E-state index is 12.0. The lowest BCUT2D eigenvalue weighted by atomic mass is 9.88. The van der Waals surface area contributed by atoms with Gasteiger partial charge in [-0.1, -0.05) is 24.3 Å². The molecule has 0 saturated carbocycles. The third kappa shape index (κ3) is 3.74. The Hall–Kier alpha value is -1.06. The molecule has 0 spiro atoms. The van der Waals surface area contributed by atoms with Crippen LogP contribution in [0.2, 0.25) is 0 Å². The molecule has 1 aliphatic heterocycles. The molecule has 1 aliphatic carbocycles. The normalized spacial score (nSPS) is 24.6. The highest BCUT2D eigenvalue weighted by Gasteiger charge is 2.22. The summed E-state index contributed by atoms with van der Waals surface area (Å²) < 4.78 is 0. The van der Waals surface area contributed by atoms with Crippen LogP contribution in [-0.4, -0.2) is 25.0 Å². The zero-order valence-corrected chi connectivity index (χ0v) is 12.5. The number of halogens is 1. The molecular formula is C16H23ClN2O. The van der Waals surface area contributed by atoms with E-state index in [2.05, 4.69) is 34.9 Å². The topological polar surface area (TPSA) is 41.1 Å². The van der Waals surface area contributed by atoms with Gasteiger partial charge < -0.3 is 10.6 Å². The van der Waals surface area contributed by atoms with E-state index in [4.69, 9.17) is 0 Å². The van der Waals surface area contributed by atoms with E-state index >= 15 is 0 Å².